The van der Waals surface area contributed by atoms with Crippen molar-refractivity contribution >= 4 is 39.2 Å². The SMILES string of the molecule is O=C(O)C1CCN(S(=O)(=O)Cc2ccc(Cl)c(Cl)c2)C1. The molecule has 1 saturated heterocycles. The second-order valence-corrected chi connectivity index (χ2v) is 7.47. The van der Waals surface area contributed by atoms with Gasteiger partial charge in [0.25, 0.3) is 0 Å². The molecule has 1 aliphatic rings. The summed E-state index contributed by atoms with van der Waals surface area (Å²) in [6.07, 6.45) is 0.343. The van der Waals surface area contributed by atoms with Gasteiger partial charge in [0.05, 0.1) is 21.7 Å². The van der Waals surface area contributed by atoms with Crippen LogP contribution >= 0.6 is 23.2 Å². The number of rotatable bonds is 4. The topological polar surface area (TPSA) is 74.7 Å². The minimum Gasteiger partial charge on any atom is -0.481 e. The smallest absolute Gasteiger partial charge is 0.307 e. The Hall–Kier alpha value is -0.820. The first-order valence-corrected chi connectivity index (χ1v) is 8.30. The molecule has 0 amide bonds. The van der Waals surface area contributed by atoms with Crippen molar-refractivity contribution in [3.8, 4) is 0 Å². The third-order valence-electron chi connectivity index (χ3n) is 3.23. The Morgan fingerprint density at radius 2 is 2.05 bits per heavy atom. The van der Waals surface area contributed by atoms with Crippen molar-refractivity contribution in [1.82, 2.24) is 4.31 Å². The second-order valence-electron chi connectivity index (χ2n) is 4.69. The maximum absolute atomic E-state index is 12.2. The van der Waals surface area contributed by atoms with Gasteiger partial charge in [-0.25, -0.2) is 12.7 Å². The highest BCUT2D eigenvalue weighted by atomic mass is 35.5. The summed E-state index contributed by atoms with van der Waals surface area (Å²) in [6, 6.07) is 4.64. The molecule has 0 bridgehead atoms. The van der Waals surface area contributed by atoms with Crippen LogP contribution in [-0.4, -0.2) is 36.9 Å². The number of benzene rings is 1. The van der Waals surface area contributed by atoms with Crippen LogP contribution in [0.4, 0.5) is 0 Å². The molecule has 8 heteroatoms. The minimum atomic E-state index is -3.54. The van der Waals surface area contributed by atoms with Crippen LogP contribution < -0.4 is 0 Å². The fraction of sp³-hybridized carbons (Fsp3) is 0.417. The highest BCUT2D eigenvalue weighted by Crippen LogP contribution is 2.26. The first-order valence-electron chi connectivity index (χ1n) is 5.94. The zero-order valence-corrected chi connectivity index (χ0v) is 12.7. The molecule has 5 nitrogen and oxygen atoms in total. The summed E-state index contributed by atoms with van der Waals surface area (Å²) in [5, 5.41) is 9.56. The maximum atomic E-state index is 12.2. The van der Waals surface area contributed by atoms with Crippen LogP contribution in [0.5, 0.6) is 0 Å². The molecule has 0 spiro atoms. The Kier molecular flexibility index (Phi) is 4.59. The van der Waals surface area contributed by atoms with Gasteiger partial charge in [-0.1, -0.05) is 29.3 Å². The van der Waals surface area contributed by atoms with Crippen LogP contribution in [-0.2, 0) is 20.6 Å². The van der Waals surface area contributed by atoms with Crippen LogP contribution in [0.3, 0.4) is 0 Å². The number of aliphatic carboxylic acids is 1. The molecule has 0 saturated carbocycles. The first-order chi connectivity index (χ1) is 9.29. The molecule has 2 rings (SSSR count). The van der Waals surface area contributed by atoms with Gasteiger partial charge in [-0.2, -0.15) is 0 Å². The lowest BCUT2D eigenvalue weighted by Gasteiger charge is -2.16. The van der Waals surface area contributed by atoms with Crippen LogP contribution in [0.2, 0.25) is 10.0 Å². The lowest BCUT2D eigenvalue weighted by molar-refractivity contribution is -0.141. The standard InChI is InChI=1S/C12H13Cl2NO4S/c13-10-2-1-8(5-11(10)14)7-20(18,19)15-4-3-9(6-15)12(16)17/h1-2,5,9H,3-4,6-7H2,(H,16,17). The fourth-order valence-electron chi connectivity index (χ4n) is 2.11. The fourth-order valence-corrected chi connectivity index (χ4v) is 4.01. The number of sulfonamides is 1. The monoisotopic (exact) mass is 337 g/mol. The number of carboxylic acid groups (broad SMARTS) is 1. The van der Waals surface area contributed by atoms with Gasteiger partial charge in [-0.05, 0) is 24.1 Å². The number of carbonyl (C=O) groups is 1. The Morgan fingerprint density at radius 3 is 2.60 bits per heavy atom. The molecule has 0 radical (unpaired) electrons. The average Bonchev–Trinajstić information content (AvgIpc) is 2.84. The van der Waals surface area contributed by atoms with E-state index >= 15 is 0 Å². The van der Waals surface area contributed by atoms with Crippen LogP contribution in [0.1, 0.15) is 12.0 Å². The Morgan fingerprint density at radius 1 is 1.35 bits per heavy atom. The molecule has 20 heavy (non-hydrogen) atoms. The molecule has 0 aromatic heterocycles. The zero-order chi connectivity index (χ0) is 14.9. The lowest BCUT2D eigenvalue weighted by Crippen LogP contribution is -2.31. The third-order valence-corrected chi connectivity index (χ3v) is 5.78. The van der Waals surface area contributed by atoms with E-state index in [9.17, 15) is 13.2 Å². The summed E-state index contributed by atoms with van der Waals surface area (Å²) >= 11 is 11.6. The Labute approximate surface area is 127 Å². The average molecular weight is 338 g/mol. The van der Waals surface area contributed by atoms with E-state index < -0.39 is 21.9 Å². The van der Waals surface area contributed by atoms with Gasteiger partial charge in [0, 0.05) is 13.1 Å². The molecule has 1 aromatic carbocycles. The predicted octanol–water partition coefficient (Wildman–Crippen LogP) is 2.23. The highest BCUT2D eigenvalue weighted by Gasteiger charge is 2.34. The molecular formula is C12H13Cl2NO4S. The summed E-state index contributed by atoms with van der Waals surface area (Å²) in [6.45, 7) is 0.264. The lowest BCUT2D eigenvalue weighted by atomic mass is 10.1. The summed E-state index contributed by atoms with van der Waals surface area (Å²) in [4.78, 5) is 10.9. The van der Waals surface area contributed by atoms with E-state index in [1.165, 1.54) is 10.4 Å². The van der Waals surface area contributed by atoms with E-state index in [2.05, 4.69) is 0 Å². The number of carboxylic acids is 1. The summed E-state index contributed by atoms with van der Waals surface area (Å²) in [5.41, 5.74) is 0.526. The number of nitrogens with zero attached hydrogens (tertiary/aromatic N) is 1. The van der Waals surface area contributed by atoms with Gasteiger partial charge >= 0.3 is 5.97 Å². The van der Waals surface area contributed by atoms with E-state index in [0.29, 0.717) is 22.0 Å². The number of hydrogen-bond donors (Lipinski definition) is 1. The van der Waals surface area contributed by atoms with Gasteiger partial charge in [0.2, 0.25) is 10.0 Å². The van der Waals surface area contributed by atoms with Gasteiger partial charge in [0.15, 0.2) is 0 Å². The van der Waals surface area contributed by atoms with E-state index in [0.717, 1.165) is 0 Å². The summed E-state index contributed by atoms with van der Waals surface area (Å²) in [7, 11) is -3.54. The van der Waals surface area contributed by atoms with E-state index in [-0.39, 0.29) is 18.8 Å². The molecule has 0 aliphatic carbocycles. The van der Waals surface area contributed by atoms with Crippen molar-refractivity contribution in [2.75, 3.05) is 13.1 Å². The Balaban J connectivity index is 2.12. The van der Waals surface area contributed by atoms with Crippen molar-refractivity contribution in [3.05, 3.63) is 33.8 Å². The molecule has 1 aromatic rings. The summed E-state index contributed by atoms with van der Waals surface area (Å²) < 4.78 is 25.7. The van der Waals surface area contributed by atoms with E-state index in [1.807, 2.05) is 0 Å². The molecule has 1 fully saturated rings. The van der Waals surface area contributed by atoms with Crippen LogP contribution in [0.15, 0.2) is 18.2 Å². The predicted molar refractivity (Wildman–Crippen MR) is 76.4 cm³/mol. The van der Waals surface area contributed by atoms with Crippen LogP contribution in [0, 0.1) is 5.92 Å². The molecular weight excluding hydrogens is 325 g/mol. The van der Waals surface area contributed by atoms with Crippen LogP contribution in [0.25, 0.3) is 0 Å². The van der Waals surface area contributed by atoms with Crippen molar-refractivity contribution < 1.29 is 18.3 Å². The molecule has 1 aliphatic heterocycles. The molecule has 1 atom stereocenters. The number of halogens is 2. The van der Waals surface area contributed by atoms with E-state index in [4.69, 9.17) is 28.3 Å². The minimum absolute atomic E-state index is 0.0268. The highest BCUT2D eigenvalue weighted by molar-refractivity contribution is 7.88. The van der Waals surface area contributed by atoms with Crippen molar-refractivity contribution in [2.24, 2.45) is 5.92 Å². The van der Waals surface area contributed by atoms with Gasteiger partial charge in [-0.3, -0.25) is 4.79 Å². The first kappa shape index (κ1) is 15.6. The normalized spacial score (nSPS) is 20.2. The van der Waals surface area contributed by atoms with Gasteiger partial charge < -0.3 is 5.11 Å². The summed E-state index contributed by atoms with van der Waals surface area (Å²) in [5.74, 6) is -1.80. The van der Waals surface area contributed by atoms with Gasteiger partial charge in [0.1, 0.15) is 0 Å². The zero-order valence-electron chi connectivity index (χ0n) is 10.4. The molecule has 1 heterocycles. The van der Waals surface area contributed by atoms with Gasteiger partial charge in [-0.15, -0.1) is 0 Å². The number of hydrogen-bond acceptors (Lipinski definition) is 3. The van der Waals surface area contributed by atoms with Crippen molar-refractivity contribution in [2.45, 2.75) is 12.2 Å². The van der Waals surface area contributed by atoms with E-state index in [1.54, 1.807) is 12.1 Å². The maximum Gasteiger partial charge on any atom is 0.307 e. The van der Waals surface area contributed by atoms with Crippen molar-refractivity contribution in [1.29, 1.82) is 0 Å². The molecule has 1 unspecified atom stereocenters. The molecule has 110 valence electrons. The quantitative estimate of drug-likeness (QED) is 0.914. The molecule has 1 N–H and O–H groups in total. The van der Waals surface area contributed by atoms with Crippen molar-refractivity contribution in [3.63, 3.8) is 0 Å². The largest absolute Gasteiger partial charge is 0.481 e. The second kappa shape index (κ2) is 5.89. The Bertz CT molecular complexity index is 632. The third kappa shape index (κ3) is 3.44.